The molecule has 1 saturated carbocycles. The molecular weight excluding hydrogens is 338 g/mol. The number of anilines is 1. The molecule has 1 aliphatic carbocycles. The quantitative estimate of drug-likeness (QED) is 0.711. The molecule has 0 aliphatic heterocycles. The molecule has 1 fully saturated rings. The van der Waals surface area contributed by atoms with Gasteiger partial charge >= 0.3 is 0 Å². The van der Waals surface area contributed by atoms with Gasteiger partial charge in [-0.05, 0) is 81.8 Å². The van der Waals surface area contributed by atoms with Crippen LogP contribution in [0.5, 0.6) is 11.5 Å². The fourth-order valence-corrected chi connectivity index (χ4v) is 3.45. The van der Waals surface area contributed by atoms with Gasteiger partial charge in [-0.3, -0.25) is 4.79 Å². The number of ether oxygens (including phenoxy) is 2. The number of carbonyl (C=O) groups is 1. The summed E-state index contributed by atoms with van der Waals surface area (Å²) >= 11 is 0. The highest BCUT2D eigenvalue weighted by atomic mass is 16.5. The van der Waals surface area contributed by atoms with Crippen LogP contribution in [0, 0.1) is 13.8 Å². The maximum absolute atomic E-state index is 12.6. The first-order chi connectivity index (χ1) is 13.0. The lowest BCUT2D eigenvalue weighted by atomic mass is 10.1. The minimum atomic E-state index is -0.527. The molecule has 2 aromatic rings. The fourth-order valence-electron chi connectivity index (χ4n) is 3.45. The van der Waals surface area contributed by atoms with Crippen molar-refractivity contribution in [3.05, 3.63) is 53.6 Å². The minimum absolute atomic E-state index is 0.137. The number of hydrogen-bond donors (Lipinski definition) is 1. The normalized spacial score (nSPS) is 15.4. The Morgan fingerprint density at radius 1 is 1.11 bits per heavy atom. The number of aryl methyl sites for hydroxylation is 2. The van der Waals surface area contributed by atoms with Crippen molar-refractivity contribution in [1.82, 2.24) is 0 Å². The average Bonchev–Trinajstić information content (AvgIpc) is 3.16. The minimum Gasteiger partial charge on any atom is -0.490 e. The van der Waals surface area contributed by atoms with Gasteiger partial charge in [0.15, 0.2) is 6.10 Å². The van der Waals surface area contributed by atoms with E-state index in [1.54, 1.807) is 0 Å². The SMILES string of the molecule is CCC(Oc1ccc(C)cc1C)C(=O)Nc1ccc(OC2CCCC2)cc1. The third-order valence-corrected chi connectivity index (χ3v) is 4.99. The highest BCUT2D eigenvalue weighted by Gasteiger charge is 2.20. The van der Waals surface area contributed by atoms with Crippen LogP contribution in [0.15, 0.2) is 42.5 Å². The van der Waals surface area contributed by atoms with E-state index in [0.717, 1.165) is 35.6 Å². The smallest absolute Gasteiger partial charge is 0.265 e. The van der Waals surface area contributed by atoms with Crippen molar-refractivity contribution >= 4 is 11.6 Å². The summed E-state index contributed by atoms with van der Waals surface area (Å²) in [5, 5.41) is 2.95. The van der Waals surface area contributed by atoms with E-state index in [-0.39, 0.29) is 5.91 Å². The van der Waals surface area contributed by atoms with Gasteiger partial charge in [0.05, 0.1) is 6.10 Å². The number of hydrogen-bond acceptors (Lipinski definition) is 3. The van der Waals surface area contributed by atoms with Crippen LogP contribution in [0.3, 0.4) is 0 Å². The molecule has 1 N–H and O–H groups in total. The van der Waals surface area contributed by atoms with Crippen LogP contribution in [-0.4, -0.2) is 18.1 Å². The summed E-state index contributed by atoms with van der Waals surface area (Å²) in [6.07, 6.45) is 5.16. The molecule has 4 nitrogen and oxygen atoms in total. The van der Waals surface area contributed by atoms with E-state index in [2.05, 4.69) is 11.4 Å². The second-order valence-corrected chi connectivity index (χ2v) is 7.32. The lowest BCUT2D eigenvalue weighted by Crippen LogP contribution is -2.32. The molecule has 1 atom stereocenters. The molecule has 0 spiro atoms. The van der Waals surface area contributed by atoms with Crippen LogP contribution >= 0.6 is 0 Å². The van der Waals surface area contributed by atoms with Gasteiger partial charge in [0.1, 0.15) is 11.5 Å². The zero-order chi connectivity index (χ0) is 19.2. The molecule has 1 aliphatic rings. The maximum Gasteiger partial charge on any atom is 0.265 e. The molecule has 4 heteroatoms. The standard InChI is InChI=1S/C23H29NO3/c1-4-21(27-22-14-9-16(2)15-17(22)3)23(25)24-18-10-12-20(13-11-18)26-19-7-5-6-8-19/h9-15,19,21H,4-8H2,1-3H3,(H,24,25). The zero-order valence-corrected chi connectivity index (χ0v) is 16.5. The second kappa shape index (κ2) is 8.94. The first kappa shape index (κ1) is 19.3. The molecule has 0 heterocycles. The van der Waals surface area contributed by atoms with Crippen LogP contribution in [0.4, 0.5) is 5.69 Å². The van der Waals surface area contributed by atoms with Crippen molar-refractivity contribution in [3.63, 3.8) is 0 Å². The van der Waals surface area contributed by atoms with E-state index in [9.17, 15) is 4.79 Å². The van der Waals surface area contributed by atoms with Crippen molar-refractivity contribution in [2.24, 2.45) is 0 Å². The van der Waals surface area contributed by atoms with Crippen molar-refractivity contribution < 1.29 is 14.3 Å². The molecule has 0 saturated heterocycles. The van der Waals surface area contributed by atoms with Crippen LogP contribution in [0.1, 0.15) is 50.2 Å². The maximum atomic E-state index is 12.6. The molecule has 0 aromatic heterocycles. The molecule has 144 valence electrons. The summed E-state index contributed by atoms with van der Waals surface area (Å²) in [7, 11) is 0. The van der Waals surface area contributed by atoms with E-state index in [1.807, 2.05) is 57.2 Å². The number of rotatable bonds is 7. The number of nitrogens with one attached hydrogen (secondary N) is 1. The van der Waals surface area contributed by atoms with Gasteiger partial charge in [-0.15, -0.1) is 0 Å². The average molecular weight is 367 g/mol. The lowest BCUT2D eigenvalue weighted by molar-refractivity contribution is -0.122. The summed E-state index contributed by atoms with van der Waals surface area (Å²) in [6, 6.07) is 13.6. The Kier molecular flexibility index (Phi) is 6.38. The third-order valence-electron chi connectivity index (χ3n) is 4.99. The largest absolute Gasteiger partial charge is 0.490 e. The lowest BCUT2D eigenvalue weighted by Gasteiger charge is -2.19. The zero-order valence-electron chi connectivity index (χ0n) is 16.5. The van der Waals surface area contributed by atoms with Gasteiger partial charge in [-0.2, -0.15) is 0 Å². The Balaban J connectivity index is 1.58. The predicted molar refractivity (Wildman–Crippen MR) is 109 cm³/mol. The van der Waals surface area contributed by atoms with Gasteiger partial charge < -0.3 is 14.8 Å². The Morgan fingerprint density at radius 3 is 2.44 bits per heavy atom. The molecule has 1 unspecified atom stereocenters. The Hall–Kier alpha value is -2.49. The van der Waals surface area contributed by atoms with E-state index < -0.39 is 6.10 Å². The first-order valence-electron chi connectivity index (χ1n) is 9.86. The third kappa shape index (κ3) is 5.25. The highest BCUT2D eigenvalue weighted by molar-refractivity contribution is 5.94. The van der Waals surface area contributed by atoms with Crippen LogP contribution in [0.25, 0.3) is 0 Å². The molecule has 27 heavy (non-hydrogen) atoms. The van der Waals surface area contributed by atoms with Gasteiger partial charge in [0, 0.05) is 5.69 Å². The highest BCUT2D eigenvalue weighted by Crippen LogP contribution is 2.25. The van der Waals surface area contributed by atoms with Crippen molar-refractivity contribution in [1.29, 1.82) is 0 Å². The van der Waals surface area contributed by atoms with E-state index in [4.69, 9.17) is 9.47 Å². The molecule has 3 rings (SSSR count). The molecule has 2 aromatic carbocycles. The topological polar surface area (TPSA) is 47.6 Å². The van der Waals surface area contributed by atoms with Crippen molar-refractivity contribution in [2.75, 3.05) is 5.32 Å². The number of benzene rings is 2. The summed E-state index contributed by atoms with van der Waals surface area (Å²) in [5.74, 6) is 1.48. The van der Waals surface area contributed by atoms with Gasteiger partial charge in [0.2, 0.25) is 0 Å². The number of amides is 1. The van der Waals surface area contributed by atoms with Crippen molar-refractivity contribution in [3.8, 4) is 11.5 Å². The van der Waals surface area contributed by atoms with Gasteiger partial charge in [0.25, 0.3) is 5.91 Å². The van der Waals surface area contributed by atoms with Crippen molar-refractivity contribution in [2.45, 2.75) is 65.1 Å². The Morgan fingerprint density at radius 2 is 1.81 bits per heavy atom. The van der Waals surface area contributed by atoms with E-state index >= 15 is 0 Å². The second-order valence-electron chi connectivity index (χ2n) is 7.32. The number of carbonyl (C=O) groups excluding carboxylic acids is 1. The van der Waals surface area contributed by atoms with E-state index in [0.29, 0.717) is 12.5 Å². The summed E-state index contributed by atoms with van der Waals surface area (Å²) in [5.41, 5.74) is 2.97. The van der Waals surface area contributed by atoms with E-state index in [1.165, 1.54) is 18.4 Å². The van der Waals surface area contributed by atoms with Crippen LogP contribution < -0.4 is 14.8 Å². The summed E-state index contributed by atoms with van der Waals surface area (Å²) in [6.45, 7) is 5.99. The monoisotopic (exact) mass is 367 g/mol. The Labute approximate surface area is 161 Å². The fraction of sp³-hybridized carbons (Fsp3) is 0.435. The van der Waals surface area contributed by atoms with Gasteiger partial charge in [-0.25, -0.2) is 0 Å². The van der Waals surface area contributed by atoms with Crippen LogP contribution in [0.2, 0.25) is 0 Å². The Bertz CT molecular complexity index is 764. The van der Waals surface area contributed by atoms with Gasteiger partial charge in [-0.1, -0.05) is 24.6 Å². The summed E-state index contributed by atoms with van der Waals surface area (Å²) in [4.78, 5) is 12.6. The molecular formula is C23H29NO3. The molecule has 1 amide bonds. The molecule has 0 radical (unpaired) electrons. The predicted octanol–water partition coefficient (Wildman–Crippen LogP) is 5.42. The first-order valence-corrected chi connectivity index (χ1v) is 9.86. The van der Waals surface area contributed by atoms with Crippen LogP contribution in [-0.2, 0) is 4.79 Å². The summed E-state index contributed by atoms with van der Waals surface area (Å²) < 4.78 is 11.9. The molecule has 0 bridgehead atoms.